The first-order valence-corrected chi connectivity index (χ1v) is 7.59. The molecule has 0 aromatic heterocycles. The summed E-state index contributed by atoms with van der Waals surface area (Å²) in [5.74, 6) is 0.226. The Morgan fingerprint density at radius 2 is 1.89 bits per heavy atom. The number of hydrogen-bond donors (Lipinski definition) is 1. The van der Waals surface area contributed by atoms with Gasteiger partial charge in [0.25, 0.3) is 5.91 Å². The maximum atomic E-state index is 12.7. The molecule has 1 aliphatic carbocycles. The van der Waals surface area contributed by atoms with Gasteiger partial charge in [-0.25, -0.2) is 0 Å². The number of amides is 1. The second-order valence-corrected chi connectivity index (χ2v) is 6.07. The molecule has 0 unspecified atom stereocenters. The highest BCUT2D eigenvalue weighted by molar-refractivity contribution is 5.82. The van der Waals surface area contributed by atoms with Crippen LogP contribution in [0.25, 0.3) is 0 Å². The Balaban J connectivity index is 1.64. The van der Waals surface area contributed by atoms with Crippen LogP contribution in [0.1, 0.15) is 25.7 Å². The van der Waals surface area contributed by atoms with Crippen LogP contribution in [-0.4, -0.2) is 73.7 Å². The van der Waals surface area contributed by atoms with Crippen molar-refractivity contribution in [3.05, 3.63) is 0 Å². The van der Waals surface area contributed by atoms with E-state index in [4.69, 9.17) is 4.74 Å². The van der Waals surface area contributed by atoms with Crippen molar-refractivity contribution < 1.29 is 9.53 Å². The average Bonchev–Trinajstić information content (AvgIpc) is 3.27. The fourth-order valence-corrected chi connectivity index (χ4v) is 3.17. The molecule has 0 aromatic rings. The molecule has 0 radical (unpaired) electrons. The van der Waals surface area contributed by atoms with Crippen molar-refractivity contribution >= 4 is 5.91 Å². The van der Waals surface area contributed by atoms with Crippen LogP contribution in [0, 0.1) is 0 Å². The summed E-state index contributed by atoms with van der Waals surface area (Å²) < 4.78 is 5.65. The van der Waals surface area contributed by atoms with Crippen LogP contribution in [0.4, 0.5) is 0 Å². The lowest BCUT2D eigenvalue weighted by Crippen LogP contribution is -2.55. The first-order chi connectivity index (χ1) is 9.25. The van der Waals surface area contributed by atoms with Crippen LogP contribution < -0.4 is 5.32 Å². The zero-order valence-corrected chi connectivity index (χ0v) is 11.8. The van der Waals surface area contributed by atoms with Gasteiger partial charge in [-0.2, -0.15) is 0 Å². The van der Waals surface area contributed by atoms with Crippen LogP contribution >= 0.6 is 0 Å². The summed E-state index contributed by atoms with van der Waals surface area (Å²) in [4.78, 5) is 17.2. The Labute approximate surface area is 115 Å². The van der Waals surface area contributed by atoms with E-state index in [1.807, 2.05) is 0 Å². The number of carbonyl (C=O) groups excluding carboxylic acids is 1. The smallest absolute Gasteiger partial charge is 0.253 e. The van der Waals surface area contributed by atoms with E-state index in [2.05, 4.69) is 22.2 Å². The van der Waals surface area contributed by atoms with Gasteiger partial charge in [0, 0.05) is 25.2 Å². The van der Waals surface area contributed by atoms with Crippen molar-refractivity contribution in [2.75, 3.05) is 39.8 Å². The number of likely N-dealkylation sites (tertiary alicyclic amines) is 1. The fourth-order valence-electron chi connectivity index (χ4n) is 3.17. The van der Waals surface area contributed by atoms with E-state index >= 15 is 0 Å². The second kappa shape index (κ2) is 5.77. The van der Waals surface area contributed by atoms with Crippen molar-refractivity contribution in [1.82, 2.24) is 15.1 Å². The minimum absolute atomic E-state index is 0.226. The van der Waals surface area contributed by atoms with E-state index in [-0.39, 0.29) is 12.0 Å². The van der Waals surface area contributed by atoms with Crippen LogP contribution in [0.15, 0.2) is 0 Å². The molecule has 3 fully saturated rings. The van der Waals surface area contributed by atoms with Crippen LogP contribution in [0.2, 0.25) is 0 Å². The quantitative estimate of drug-likeness (QED) is 0.785. The molecule has 1 amide bonds. The molecule has 1 saturated carbocycles. The lowest BCUT2D eigenvalue weighted by molar-refractivity contribution is -0.149. The predicted molar refractivity (Wildman–Crippen MR) is 73.0 cm³/mol. The average molecular weight is 267 g/mol. The molecule has 1 atom stereocenters. The van der Waals surface area contributed by atoms with Gasteiger partial charge < -0.3 is 19.9 Å². The highest BCUT2D eigenvalue weighted by Crippen LogP contribution is 2.32. The van der Waals surface area contributed by atoms with Gasteiger partial charge in [-0.1, -0.05) is 0 Å². The summed E-state index contributed by atoms with van der Waals surface area (Å²) in [6.45, 7) is 4.40. The largest absolute Gasteiger partial charge is 0.366 e. The number of morpholine rings is 1. The van der Waals surface area contributed by atoms with Crippen molar-refractivity contribution in [3.63, 3.8) is 0 Å². The second-order valence-electron chi connectivity index (χ2n) is 6.07. The van der Waals surface area contributed by atoms with Gasteiger partial charge in [0.2, 0.25) is 0 Å². The highest BCUT2D eigenvalue weighted by Gasteiger charge is 2.41. The zero-order chi connectivity index (χ0) is 13.2. The van der Waals surface area contributed by atoms with Gasteiger partial charge in [-0.3, -0.25) is 4.79 Å². The van der Waals surface area contributed by atoms with E-state index < -0.39 is 0 Å². The molecule has 0 spiro atoms. The molecule has 3 aliphatic rings. The van der Waals surface area contributed by atoms with Crippen molar-refractivity contribution in [1.29, 1.82) is 0 Å². The highest BCUT2D eigenvalue weighted by atomic mass is 16.5. The number of carbonyl (C=O) groups is 1. The van der Waals surface area contributed by atoms with Crippen molar-refractivity contribution in [2.45, 2.75) is 43.9 Å². The standard InChI is InChI=1S/C14H25N3O2/c1-16-7-4-12(5-8-16)17(11-2-3-11)14(18)13-10-15-6-9-19-13/h11-13,15H,2-10H2,1H3/t13-/m0/s1. The molecule has 108 valence electrons. The third-order valence-corrected chi connectivity index (χ3v) is 4.48. The van der Waals surface area contributed by atoms with Gasteiger partial charge in [0.15, 0.2) is 0 Å². The molecule has 5 heteroatoms. The third kappa shape index (κ3) is 3.09. The number of piperidine rings is 1. The topological polar surface area (TPSA) is 44.8 Å². The number of hydrogen-bond acceptors (Lipinski definition) is 4. The SMILES string of the molecule is CN1CCC(N(C(=O)[C@@H]2CNCCO2)C2CC2)CC1. The summed E-state index contributed by atoms with van der Waals surface area (Å²) in [6, 6.07) is 0.924. The van der Waals surface area contributed by atoms with Gasteiger partial charge in [-0.05, 0) is 45.8 Å². The molecular formula is C14H25N3O2. The van der Waals surface area contributed by atoms with E-state index in [1.54, 1.807) is 0 Å². The van der Waals surface area contributed by atoms with Gasteiger partial charge >= 0.3 is 0 Å². The maximum absolute atomic E-state index is 12.7. The molecule has 5 nitrogen and oxygen atoms in total. The maximum Gasteiger partial charge on any atom is 0.253 e. The first kappa shape index (κ1) is 13.3. The molecular weight excluding hydrogens is 242 g/mol. The summed E-state index contributed by atoms with van der Waals surface area (Å²) in [6.07, 6.45) is 4.32. The molecule has 19 heavy (non-hydrogen) atoms. The Morgan fingerprint density at radius 1 is 1.21 bits per heavy atom. The van der Waals surface area contributed by atoms with Crippen molar-refractivity contribution in [3.8, 4) is 0 Å². The fraction of sp³-hybridized carbons (Fsp3) is 0.929. The number of nitrogens with one attached hydrogen (secondary N) is 1. The number of nitrogens with zero attached hydrogens (tertiary/aromatic N) is 2. The number of rotatable bonds is 3. The molecule has 0 bridgehead atoms. The minimum atomic E-state index is -0.256. The molecule has 0 aromatic carbocycles. The van der Waals surface area contributed by atoms with E-state index in [9.17, 15) is 4.79 Å². The Bertz CT molecular complexity index is 319. The summed E-state index contributed by atoms with van der Waals surface area (Å²) >= 11 is 0. The molecule has 2 aliphatic heterocycles. The molecule has 2 saturated heterocycles. The Morgan fingerprint density at radius 3 is 2.47 bits per heavy atom. The summed E-state index contributed by atoms with van der Waals surface area (Å²) in [5.41, 5.74) is 0. The first-order valence-electron chi connectivity index (χ1n) is 7.59. The molecule has 2 heterocycles. The van der Waals surface area contributed by atoms with Gasteiger partial charge in [-0.15, -0.1) is 0 Å². The zero-order valence-electron chi connectivity index (χ0n) is 11.8. The number of ether oxygens (including phenoxy) is 1. The van der Waals surface area contributed by atoms with Crippen LogP contribution in [-0.2, 0) is 9.53 Å². The lowest BCUT2D eigenvalue weighted by atomic mass is 10.0. The predicted octanol–water partition coefficient (Wildman–Crippen LogP) is 0.0600. The van der Waals surface area contributed by atoms with Gasteiger partial charge in [0.1, 0.15) is 6.10 Å². The monoisotopic (exact) mass is 267 g/mol. The molecule has 1 N–H and O–H groups in total. The van der Waals surface area contributed by atoms with E-state index in [1.165, 1.54) is 12.8 Å². The molecule has 3 rings (SSSR count). The van der Waals surface area contributed by atoms with Crippen LogP contribution in [0.3, 0.4) is 0 Å². The van der Waals surface area contributed by atoms with E-state index in [0.29, 0.717) is 25.2 Å². The van der Waals surface area contributed by atoms with Crippen molar-refractivity contribution in [2.24, 2.45) is 0 Å². The Kier molecular flexibility index (Phi) is 4.05. The minimum Gasteiger partial charge on any atom is -0.366 e. The summed E-state index contributed by atoms with van der Waals surface area (Å²) in [7, 11) is 2.16. The van der Waals surface area contributed by atoms with E-state index in [0.717, 1.165) is 32.5 Å². The lowest BCUT2D eigenvalue weighted by Gasteiger charge is -2.39. The van der Waals surface area contributed by atoms with Crippen LogP contribution in [0.5, 0.6) is 0 Å². The summed E-state index contributed by atoms with van der Waals surface area (Å²) in [5, 5.41) is 3.26. The third-order valence-electron chi connectivity index (χ3n) is 4.48. The van der Waals surface area contributed by atoms with Gasteiger partial charge in [0.05, 0.1) is 6.61 Å². The Hall–Kier alpha value is -0.650. The normalized spacial score (nSPS) is 30.3.